The Morgan fingerprint density at radius 2 is 2.26 bits per heavy atom. The van der Waals surface area contributed by atoms with Crippen LogP contribution in [0, 0.1) is 0 Å². The van der Waals surface area contributed by atoms with Gasteiger partial charge in [-0.15, -0.1) is 10.2 Å². The van der Waals surface area contributed by atoms with Gasteiger partial charge < -0.3 is 10.3 Å². The van der Waals surface area contributed by atoms with Crippen LogP contribution in [0.4, 0.5) is 0 Å². The van der Waals surface area contributed by atoms with Gasteiger partial charge in [0.25, 0.3) is 0 Å². The predicted octanol–water partition coefficient (Wildman–Crippen LogP) is 0.837. The molecule has 0 bridgehead atoms. The maximum atomic E-state index is 11.8. The summed E-state index contributed by atoms with van der Waals surface area (Å²) in [5.41, 5.74) is 5.12. The minimum Gasteiger partial charge on any atom is -0.370 e. The summed E-state index contributed by atoms with van der Waals surface area (Å²) in [5.74, 6) is 0.683. The second-order valence-electron chi connectivity index (χ2n) is 4.74. The molecule has 1 aliphatic carbocycles. The lowest BCUT2D eigenvalue weighted by Crippen LogP contribution is -2.21. The number of Topliss-reactive ketones (excluding diaryl/α,β-unsaturated/α-hetero) is 1. The van der Waals surface area contributed by atoms with Crippen LogP contribution in [0.3, 0.4) is 0 Å². The summed E-state index contributed by atoms with van der Waals surface area (Å²) in [7, 11) is 1.85. The number of primary amides is 1. The molecule has 0 saturated heterocycles. The zero-order valence-corrected chi connectivity index (χ0v) is 11.8. The van der Waals surface area contributed by atoms with E-state index in [1.165, 1.54) is 11.8 Å². The van der Waals surface area contributed by atoms with E-state index in [4.69, 9.17) is 5.73 Å². The first-order valence-electron chi connectivity index (χ1n) is 6.44. The Morgan fingerprint density at radius 1 is 1.47 bits per heavy atom. The van der Waals surface area contributed by atoms with Crippen LogP contribution in [-0.2, 0) is 23.1 Å². The SMILES string of the molecule is Cn1c(CCC(N)=O)nnc1S[C@@H]1CCCCC1=O. The van der Waals surface area contributed by atoms with Gasteiger partial charge in [0.15, 0.2) is 5.16 Å². The average Bonchev–Trinajstić information content (AvgIpc) is 2.71. The highest BCUT2D eigenvalue weighted by Gasteiger charge is 2.25. The van der Waals surface area contributed by atoms with Gasteiger partial charge in [-0.2, -0.15) is 0 Å². The first-order valence-corrected chi connectivity index (χ1v) is 7.32. The number of rotatable bonds is 5. The number of carbonyl (C=O) groups is 2. The smallest absolute Gasteiger partial charge is 0.217 e. The van der Waals surface area contributed by atoms with Gasteiger partial charge in [0, 0.05) is 26.3 Å². The average molecular weight is 282 g/mol. The zero-order chi connectivity index (χ0) is 13.8. The Kier molecular flexibility index (Phi) is 4.57. The van der Waals surface area contributed by atoms with Crippen molar-refractivity contribution >= 4 is 23.5 Å². The van der Waals surface area contributed by atoms with Gasteiger partial charge in [-0.3, -0.25) is 9.59 Å². The van der Waals surface area contributed by atoms with Crippen molar-refractivity contribution in [3.8, 4) is 0 Å². The molecule has 104 valence electrons. The van der Waals surface area contributed by atoms with E-state index in [1.54, 1.807) is 0 Å². The topological polar surface area (TPSA) is 90.9 Å². The molecule has 1 saturated carbocycles. The fraction of sp³-hybridized carbons (Fsp3) is 0.667. The molecule has 0 spiro atoms. The van der Waals surface area contributed by atoms with Crippen LogP contribution in [-0.4, -0.2) is 31.7 Å². The molecule has 1 aromatic heterocycles. The third-order valence-electron chi connectivity index (χ3n) is 3.27. The molecule has 0 aromatic carbocycles. The van der Waals surface area contributed by atoms with Gasteiger partial charge in [0.05, 0.1) is 5.25 Å². The van der Waals surface area contributed by atoms with Crippen LogP contribution in [0.5, 0.6) is 0 Å². The number of aryl methyl sites for hydroxylation is 1. The zero-order valence-electron chi connectivity index (χ0n) is 11.0. The molecule has 6 nitrogen and oxygen atoms in total. The molecule has 2 N–H and O–H groups in total. The number of thioether (sulfide) groups is 1. The van der Waals surface area contributed by atoms with Gasteiger partial charge in [0.1, 0.15) is 11.6 Å². The van der Waals surface area contributed by atoms with Gasteiger partial charge >= 0.3 is 0 Å². The highest BCUT2D eigenvalue weighted by atomic mass is 32.2. The maximum Gasteiger partial charge on any atom is 0.217 e. The molecule has 0 unspecified atom stereocenters. The summed E-state index contributed by atoms with van der Waals surface area (Å²) in [6.07, 6.45) is 4.42. The molecule has 0 radical (unpaired) electrons. The fourth-order valence-electron chi connectivity index (χ4n) is 2.10. The van der Waals surface area contributed by atoms with Crippen molar-refractivity contribution in [3.63, 3.8) is 0 Å². The van der Waals surface area contributed by atoms with Crippen LogP contribution in [0.2, 0.25) is 0 Å². The molecular weight excluding hydrogens is 264 g/mol. The van der Waals surface area contributed by atoms with E-state index in [1.807, 2.05) is 11.6 Å². The van der Waals surface area contributed by atoms with Crippen molar-refractivity contribution in [2.45, 2.75) is 48.9 Å². The van der Waals surface area contributed by atoms with Crippen molar-refractivity contribution in [1.82, 2.24) is 14.8 Å². The third kappa shape index (κ3) is 3.56. The molecule has 0 aliphatic heterocycles. The molecule has 1 fully saturated rings. The Morgan fingerprint density at radius 3 is 2.95 bits per heavy atom. The largest absolute Gasteiger partial charge is 0.370 e. The van der Waals surface area contributed by atoms with E-state index in [2.05, 4.69) is 10.2 Å². The van der Waals surface area contributed by atoms with Gasteiger partial charge in [0.2, 0.25) is 5.91 Å². The van der Waals surface area contributed by atoms with E-state index in [0.717, 1.165) is 30.2 Å². The number of nitrogens with zero attached hydrogens (tertiary/aromatic N) is 3. The van der Waals surface area contributed by atoms with E-state index < -0.39 is 0 Å². The fourth-order valence-corrected chi connectivity index (χ4v) is 3.24. The Hall–Kier alpha value is -1.37. The van der Waals surface area contributed by atoms with Crippen LogP contribution in [0.25, 0.3) is 0 Å². The summed E-state index contributed by atoms with van der Waals surface area (Å²) >= 11 is 1.48. The van der Waals surface area contributed by atoms with E-state index in [9.17, 15) is 9.59 Å². The summed E-state index contributed by atoms with van der Waals surface area (Å²) in [5, 5.41) is 8.88. The minimum atomic E-state index is -0.348. The Balaban J connectivity index is 2.00. The summed E-state index contributed by atoms with van der Waals surface area (Å²) < 4.78 is 1.84. The number of nitrogens with two attached hydrogens (primary N) is 1. The molecule has 1 aliphatic rings. The second-order valence-corrected chi connectivity index (χ2v) is 5.91. The number of aromatic nitrogens is 3. The predicted molar refractivity (Wildman–Crippen MR) is 71.6 cm³/mol. The van der Waals surface area contributed by atoms with Gasteiger partial charge in [-0.05, 0) is 12.8 Å². The third-order valence-corrected chi connectivity index (χ3v) is 4.62. The minimum absolute atomic E-state index is 0.000593. The van der Waals surface area contributed by atoms with Crippen molar-refractivity contribution in [1.29, 1.82) is 0 Å². The number of hydrogen-bond acceptors (Lipinski definition) is 5. The number of amides is 1. The van der Waals surface area contributed by atoms with Crippen molar-refractivity contribution in [2.24, 2.45) is 12.8 Å². The van der Waals surface area contributed by atoms with Crippen molar-refractivity contribution < 1.29 is 9.59 Å². The molecule has 2 rings (SSSR count). The summed E-state index contributed by atoms with van der Waals surface area (Å²) in [6.45, 7) is 0. The molecule has 19 heavy (non-hydrogen) atoms. The molecule has 1 atom stereocenters. The molecule has 1 aromatic rings. The first kappa shape index (κ1) is 14.0. The maximum absolute atomic E-state index is 11.8. The molecule has 7 heteroatoms. The van der Waals surface area contributed by atoms with Crippen molar-refractivity contribution in [3.05, 3.63) is 5.82 Å². The normalized spacial score (nSPS) is 19.6. The number of hydrogen-bond donors (Lipinski definition) is 1. The molecule has 1 heterocycles. The number of ketones is 1. The lowest BCUT2D eigenvalue weighted by atomic mass is 9.99. The summed E-state index contributed by atoms with van der Waals surface area (Å²) in [4.78, 5) is 22.6. The highest BCUT2D eigenvalue weighted by molar-refractivity contribution is 8.00. The number of carbonyl (C=O) groups excluding carboxylic acids is 2. The van der Waals surface area contributed by atoms with Gasteiger partial charge in [-0.1, -0.05) is 18.2 Å². The summed E-state index contributed by atoms with van der Waals surface area (Å²) in [6, 6.07) is 0. The second kappa shape index (κ2) is 6.18. The van der Waals surface area contributed by atoms with E-state index in [-0.39, 0.29) is 17.6 Å². The van der Waals surface area contributed by atoms with Crippen LogP contribution >= 0.6 is 11.8 Å². The van der Waals surface area contributed by atoms with Crippen LogP contribution in [0.15, 0.2) is 5.16 Å². The quantitative estimate of drug-likeness (QED) is 0.864. The lowest BCUT2D eigenvalue weighted by Gasteiger charge is -2.19. The standard InChI is InChI=1S/C12H18N4O2S/c1-16-11(7-6-10(13)18)14-15-12(16)19-9-5-3-2-4-8(9)17/h9H,2-7H2,1H3,(H2,13,18)/t9-/m1/s1. The Bertz CT molecular complexity index is 486. The highest BCUT2D eigenvalue weighted by Crippen LogP contribution is 2.30. The van der Waals surface area contributed by atoms with Crippen LogP contribution < -0.4 is 5.73 Å². The van der Waals surface area contributed by atoms with E-state index in [0.29, 0.717) is 18.6 Å². The van der Waals surface area contributed by atoms with Crippen LogP contribution in [0.1, 0.15) is 37.9 Å². The molecular formula is C12H18N4O2S. The van der Waals surface area contributed by atoms with E-state index >= 15 is 0 Å². The van der Waals surface area contributed by atoms with Crippen molar-refractivity contribution in [2.75, 3.05) is 0 Å². The Labute approximate surface area is 116 Å². The first-order chi connectivity index (χ1) is 9.08. The van der Waals surface area contributed by atoms with Gasteiger partial charge in [-0.25, -0.2) is 0 Å². The monoisotopic (exact) mass is 282 g/mol. The molecule has 1 amide bonds. The lowest BCUT2D eigenvalue weighted by molar-refractivity contribution is -0.120.